The molecule has 2 aromatic heterocycles. The predicted octanol–water partition coefficient (Wildman–Crippen LogP) is 3.59. The van der Waals surface area contributed by atoms with Gasteiger partial charge in [0, 0.05) is 36.1 Å². The summed E-state index contributed by atoms with van der Waals surface area (Å²) in [6.07, 6.45) is 5.97. The molecule has 8 heteroatoms. The molecule has 1 amide bonds. The van der Waals surface area contributed by atoms with Gasteiger partial charge in [-0.3, -0.25) is 9.89 Å². The van der Waals surface area contributed by atoms with E-state index in [2.05, 4.69) is 25.5 Å². The zero-order valence-corrected chi connectivity index (χ0v) is 17.2. The largest absolute Gasteiger partial charge is 0.369 e. The first-order valence-electron chi connectivity index (χ1n) is 10.2. The zero-order valence-electron chi connectivity index (χ0n) is 17.2. The molecule has 0 spiro atoms. The second kappa shape index (κ2) is 8.61. The van der Waals surface area contributed by atoms with Crippen molar-refractivity contribution in [3.8, 4) is 0 Å². The highest BCUT2D eigenvalue weighted by atomic mass is 19.1. The lowest BCUT2D eigenvalue weighted by atomic mass is 10.0. The van der Waals surface area contributed by atoms with E-state index < -0.39 is 0 Å². The summed E-state index contributed by atoms with van der Waals surface area (Å²) < 4.78 is 14.3. The standard InChI is InChI=1S/C22H25FN6O/c1-14-15(2)27-21(28-20(14)24-10-9-16-12-25-26-13-16)22(30)29-11-5-8-19(29)17-6-3-4-7-18(17)23/h3-4,6-7,12-13,19H,5,8-11H2,1-2H3,(H,25,26)(H,24,27,28). The highest BCUT2D eigenvalue weighted by Crippen LogP contribution is 2.34. The zero-order chi connectivity index (χ0) is 21.1. The molecule has 1 aliphatic rings. The highest BCUT2D eigenvalue weighted by molar-refractivity contribution is 5.91. The van der Waals surface area contributed by atoms with Crippen molar-refractivity contribution in [2.24, 2.45) is 0 Å². The molecule has 0 saturated carbocycles. The number of carbonyl (C=O) groups is 1. The molecule has 1 saturated heterocycles. The van der Waals surface area contributed by atoms with Crippen LogP contribution in [-0.2, 0) is 6.42 Å². The van der Waals surface area contributed by atoms with Crippen LogP contribution in [0.25, 0.3) is 0 Å². The Balaban J connectivity index is 1.54. The summed E-state index contributed by atoms with van der Waals surface area (Å²) in [5.74, 6) is 0.245. The van der Waals surface area contributed by atoms with Crippen molar-refractivity contribution in [2.45, 2.75) is 39.2 Å². The van der Waals surface area contributed by atoms with Gasteiger partial charge >= 0.3 is 0 Å². The van der Waals surface area contributed by atoms with E-state index >= 15 is 0 Å². The Morgan fingerprint density at radius 3 is 2.90 bits per heavy atom. The van der Waals surface area contributed by atoms with Gasteiger partial charge in [-0.25, -0.2) is 14.4 Å². The van der Waals surface area contributed by atoms with Crippen LogP contribution in [0.2, 0.25) is 0 Å². The number of nitrogens with zero attached hydrogens (tertiary/aromatic N) is 4. The fraction of sp³-hybridized carbons (Fsp3) is 0.364. The number of H-pyrrole nitrogens is 1. The van der Waals surface area contributed by atoms with E-state index in [0.717, 1.165) is 36.1 Å². The first-order chi connectivity index (χ1) is 14.5. The van der Waals surface area contributed by atoms with Crippen molar-refractivity contribution < 1.29 is 9.18 Å². The SMILES string of the molecule is Cc1nc(C(=O)N2CCCC2c2ccccc2F)nc(NCCc2cn[nH]c2)c1C. The average molecular weight is 408 g/mol. The molecule has 30 heavy (non-hydrogen) atoms. The summed E-state index contributed by atoms with van der Waals surface area (Å²) in [4.78, 5) is 23.9. The maximum atomic E-state index is 14.3. The molecule has 4 rings (SSSR count). The number of hydrogen-bond donors (Lipinski definition) is 2. The second-order valence-electron chi connectivity index (χ2n) is 7.57. The number of hydrogen-bond acceptors (Lipinski definition) is 5. The Hall–Kier alpha value is -3.29. The number of likely N-dealkylation sites (tertiary alicyclic amines) is 1. The van der Waals surface area contributed by atoms with Gasteiger partial charge in [0.05, 0.1) is 12.2 Å². The quantitative estimate of drug-likeness (QED) is 0.651. The van der Waals surface area contributed by atoms with Gasteiger partial charge in [-0.2, -0.15) is 5.10 Å². The number of carbonyl (C=O) groups excluding carboxylic acids is 1. The smallest absolute Gasteiger partial charge is 0.292 e. The van der Waals surface area contributed by atoms with Crippen molar-refractivity contribution >= 4 is 11.7 Å². The van der Waals surface area contributed by atoms with E-state index in [-0.39, 0.29) is 23.6 Å². The van der Waals surface area contributed by atoms with Crippen LogP contribution < -0.4 is 5.32 Å². The lowest BCUT2D eigenvalue weighted by molar-refractivity contribution is 0.0721. The number of benzene rings is 1. The van der Waals surface area contributed by atoms with Gasteiger partial charge in [0.1, 0.15) is 11.6 Å². The maximum absolute atomic E-state index is 14.3. The summed E-state index contributed by atoms with van der Waals surface area (Å²) in [6, 6.07) is 6.35. The number of aromatic nitrogens is 4. The summed E-state index contributed by atoms with van der Waals surface area (Å²) in [5.41, 5.74) is 3.30. The van der Waals surface area contributed by atoms with E-state index in [4.69, 9.17) is 0 Å². The fourth-order valence-corrected chi connectivity index (χ4v) is 3.84. The van der Waals surface area contributed by atoms with Crippen LogP contribution in [0.3, 0.4) is 0 Å². The van der Waals surface area contributed by atoms with Gasteiger partial charge in [0.2, 0.25) is 5.82 Å². The number of nitrogens with one attached hydrogen (secondary N) is 2. The van der Waals surface area contributed by atoms with Gasteiger partial charge in [-0.15, -0.1) is 0 Å². The van der Waals surface area contributed by atoms with Crippen LogP contribution in [0.4, 0.5) is 10.2 Å². The van der Waals surface area contributed by atoms with Crippen LogP contribution in [0.1, 0.15) is 51.9 Å². The van der Waals surface area contributed by atoms with Gasteiger partial charge < -0.3 is 10.2 Å². The molecule has 1 aromatic carbocycles. The molecule has 3 heterocycles. The molecule has 7 nitrogen and oxygen atoms in total. The van der Waals surface area contributed by atoms with E-state index in [0.29, 0.717) is 24.5 Å². The van der Waals surface area contributed by atoms with E-state index in [9.17, 15) is 9.18 Å². The third-order valence-corrected chi connectivity index (χ3v) is 5.62. The molecular formula is C22H25FN6O. The molecule has 156 valence electrons. The third kappa shape index (κ3) is 4.03. The number of halogens is 1. The molecule has 0 aliphatic carbocycles. The fourth-order valence-electron chi connectivity index (χ4n) is 3.84. The summed E-state index contributed by atoms with van der Waals surface area (Å²) in [7, 11) is 0. The average Bonchev–Trinajstić information content (AvgIpc) is 3.43. The van der Waals surface area contributed by atoms with Crippen LogP contribution in [-0.4, -0.2) is 44.1 Å². The highest BCUT2D eigenvalue weighted by Gasteiger charge is 2.33. The molecule has 1 fully saturated rings. The molecule has 1 unspecified atom stereocenters. The van der Waals surface area contributed by atoms with Gasteiger partial charge in [0.25, 0.3) is 5.91 Å². The number of rotatable bonds is 6. The predicted molar refractivity (Wildman–Crippen MR) is 112 cm³/mol. The van der Waals surface area contributed by atoms with Crippen molar-refractivity contribution in [1.29, 1.82) is 0 Å². The lowest BCUT2D eigenvalue weighted by Crippen LogP contribution is -2.32. The van der Waals surface area contributed by atoms with Crippen LogP contribution in [0, 0.1) is 19.7 Å². The van der Waals surface area contributed by atoms with Gasteiger partial charge in [0.15, 0.2) is 0 Å². The number of aromatic amines is 1. The molecular weight excluding hydrogens is 383 g/mol. The Morgan fingerprint density at radius 1 is 1.30 bits per heavy atom. The Morgan fingerprint density at radius 2 is 2.13 bits per heavy atom. The second-order valence-corrected chi connectivity index (χ2v) is 7.57. The monoisotopic (exact) mass is 408 g/mol. The topological polar surface area (TPSA) is 86.8 Å². The van der Waals surface area contributed by atoms with Crippen molar-refractivity contribution in [3.63, 3.8) is 0 Å². The number of anilines is 1. The number of amides is 1. The Kier molecular flexibility index (Phi) is 5.74. The molecule has 1 atom stereocenters. The first kappa shape index (κ1) is 20.0. The third-order valence-electron chi connectivity index (χ3n) is 5.62. The molecule has 0 radical (unpaired) electrons. The van der Waals surface area contributed by atoms with E-state index in [1.54, 1.807) is 29.3 Å². The minimum atomic E-state index is -0.290. The van der Waals surface area contributed by atoms with Crippen molar-refractivity contribution in [1.82, 2.24) is 25.1 Å². The Labute approximate surface area is 174 Å². The van der Waals surface area contributed by atoms with Crippen molar-refractivity contribution in [2.75, 3.05) is 18.4 Å². The van der Waals surface area contributed by atoms with Crippen LogP contribution in [0.5, 0.6) is 0 Å². The van der Waals surface area contributed by atoms with E-state index in [1.807, 2.05) is 20.0 Å². The lowest BCUT2D eigenvalue weighted by Gasteiger charge is -2.25. The summed E-state index contributed by atoms with van der Waals surface area (Å²) in [5, 5.41) is 10.0. The number of aryl methyl sites for hydroxylation is 1. The summed E-state index contributed by atoms with van der Waals surface area (Å²) in [6.45, 7) is 5.03. The van der Waals surface area contributed by atoms with Gasteiger partial charge in [-0.05, 0) is 44.7 Å². The van der Waals surface area contributed by atoms with Gasteiger partial charge in [-0.1, -0.05) is 18.2 Å². The van der Waals surface area contributed by atoms with Crippen molar-refractivity contribution in [3.05, 3.63) is 70.7 Å². The molecule has 3 aromatic rings. The minimum Gasteiger partial charge on any atom is -0.369 e. The van der Waals surface area contributed by atoms with Crippen LogP contribution in [0.15, 0.2) is 36.7 Å². The first-order valence-corrected chi connectivity index (χ1v) is 10.2. The summed E-state index contributed by atoms with van der Waals surface area (Å²) >= 11 is 0. The normalized spacial score (nSPS) is 16.1. The van der Waals surface area contributed by atoms with E-state index in [1.165, 1.54) is 6.07 Å². The molecule has 0 bridgehead atoms. The molecule has 1 aliphatic heterocycles. The Bertz CT molecular complexity index is 1040. The van der Waals surface area contributed by atoms with Crippen LogP contribution >= 0.6 is 0 Å². The molecule has 2 N–H and O–H groups in total. The maximum Gasteiger partial charge on any atom is 0.292 e. The minimum absolute atomic E-state index is 0.146.